The fourth-order valence-electron chi connectivity index (χ4n) is 1.69. The molecule has 4 heteroatoms. The van der Waals surface area contributed by atoms with Crippen molar-refractivity contribution < 1.29 is 9.13 Å². The lowest BCUT2D eigenvalue weighted by molar-refractivity contribution is 0.216. The molecule has 0 spiro atoms. The highest BCUT2D eigenvalue weighted by Crippen LogP contribution is 2.18. The van der Waals surface area contributed by atoms with Crippen molar-refractivity contribution >= 4 is 0 Å². The minimum absolute atomic E-state index is 0.230. The van der Waals surface area contributed by atoms with E-state index < -0.39 is 0 Å². The van der Waals surface area contributed by atoms with E-state index in [1.54, 1.807) is 12.1 Å². The Morgan fingerprint density at radius 1 is 1.41 bits per heavy atom. The Morgan fingerprint density at radius 3 is 2.59 bits per heavy atom. The molecule has 0 saturated heterocycles. The average Bonchev–Trinajstić information content (AvgIpc) is 2.30. The van der Waals surface area contributed by atoms with Crippen LogP contribution in [0.2, 0.25) is 0 Å². The van der Waals surface area contributed by atoms with E-state index in [-0.39, 0.29) is 5.82 Å². The lowest BCUT2D eigenvalue weighted by Gasteiger charge is -2.26. The molecule has 0 amide bonds. The van der Waals surface area contributed by atoms with Crippen LogP contribution >= 0.6 is 0 Å². The van der Waals surface area contributed by atoms with Gasteiger partial charge in [-0.2, -0.15) is 0 Å². The maximum absolute atomic E-state index is 13.8. The number of halogens is 1. The third kappa shape index (κ3) is 3.98. The summed E-state index contributed by atoms with van der Waals surface area (Å²) in [7, 11) is 1.53. The van der Waals surface area contributed by atoms with E-state index in [0.29, 0.717) is 30.4 Å². The molecule has 2 N–H and O–H groups in total. The molecule has 3 nitrogen and oxygen atoms in total. The molecule has 1 aromatic carbocycles. The molecule has 1 aromatic rings. The second-order valence-corrected chi connectivity index (χ2v) is 4.31. The van der Waals surface area contributed by atoms with E-state index in [2.05, 4.69) is 18.7 Å². The van der Waals surface area contributed by atoms with Gasteiger partial charge in [0.15, 0.2) is 0 Å². The number of benzene rings is 1. The molecule has 0 aliphatic rings. The Labute approximate surface area is 102 Å². The van der Waals surface area contributed by atoms with Gasteiger partial charge in [-0.05, 0) is 19.9 Å². The van der Waals surface area contributed by atoms with Gasteiger partial charge in [0.1, 0.15) is 11.6 Å². The topological polar surface area (TPSA) is 38.5 Å². The van der Waals surface area contributed by atoms with Crippen molar-refractivity contribution in [1.82, 2.24) is 4.90 Å². The average molecular weight is 240 g/mol. The second-order valence-electron chi connectivity index (χ2n) is 4.31. The maximum atomic E-state index is 13.8. The zero-order chi connectivity index (χ0) is 12.8. The van der Waals surface area contributed by atoms with Gasteiger partial charge in [0.25, 0.3) is 0 Å². The van der Waals surface area contributed by atoms with Crippen molar-refractivity contribution in [1.29, 1.82) is 0 Å². The molecule has 0 saturated carbocycles. The van der Waals surface area contributed by atoms with Gasteiger partial charge in [-0.1, -0.05) is 6.07 Å². The van der Waals surface area contributed by atoms with Gasteiger partial charge in [0.2, 0.25) is 0 Å². The summed E-state index contributed by atoms with van der Waals surface area (Å²) < 4.78 is 18.7. The van der Waals surface area contributed by atoms with E-state index in [9.17, 15) is 4.39 Å². The Balaban J connectivity index is 2.78. The third-order valence-electron chi connectivity index (χ3n) is 2.78. The van der Waals surface area contributed by atoms with Gasteiger partial charge in [-0.15, -0.1) is 0 Å². The molecule has 1 rings (SSSR count). The number of methoxy groups -OCH3 is 1. The van der Waals surface area contributed by atoms with Gasteiger partial charge in [0.05, 0.1) is 7.11 Å². The van der Waals surface area contributed by atoms with E-state index in [4.69, 9.17) is 10.5 Å². The van der Waals surface area contributed by atoms with Crippen LogP contribution in [0.5, 0.6) is 5.75 Å². The molecule has 0 heterocycles. The summed E-state index contributed by atoms with van der Waals surface area (Å²) in [6.07, 6.45) is 0. The second kappa shape index (κ2) is 6.57. The Morgan fingerprint density at radius 2 is 2.12 bits per heavy atom. The molecule has 0 unspecified atom stereocenters. The van der Waals surface area contributed by atoms with Crippen LogP contribution in [-0.4, -0.2) is 31.1 Å². The van der Waals surface area contributed by atoms with Crippen LogP contribution in [0.25, 0.3) is 0 Å². The monoisotopic (exact) mass is 240 g/mol. The van der Waals surface area contributed by atoms with Gasteiger partial charge in [-0.3, -0.25) is 4.90 Å². The van der Waals surface area contributed by atoms with Crippen molar-refractivity contribution in [2.45, 2.75) is 26.4 Å². The molecule has 0 atom stereocenters. The molecule has 0 aromatic heterocycles. The SMILES string of the molecule is COc1ccc(CN(CCN)C(C)C)c(F)c1. The van der Waals surface area contributed by atoms with Crippen LogP contribution in [0, 0.1) is 5.82 Å². The molecule has 96 valence electrons. The first-order valence-electron chi connectivity index (χ1n) is 5.85. The first-order chi connectivity index (χ1) is 8.08. The Hall–Kier alpha value is -1.13. The fourth-order valence-corrected chi connectivity index (χ4v) is 1.69. The van der Waals surface area contributed by atoms with Gasteiger partial charge < -0.3 is 10.5 Å². The van der Waals surface area contributed by atoms with Crippen molar-refractivity contribution in [3.63, 3.8) is 0 Å². The predicted octanol–water partition coefficient (Wildman–Crippen LogP) is 2.00. The highest BCUT2D eigenvalue weighted by Gasteiger charge is 2.12. The van der Waals surface area contributed by atoms with Crippen molar-refractivity contribution in [2.75, 3.05) is 20.2 Å². The van der Waals surface area contributed by atoms with Crippen LogP contribution in [0.1, 0.15) is 19.4 Å². The molecule has 17 heavy (non-hydrogen) atoms. The first kappa shape index (κ1) is 13.9. The number of nitrogens with zero attached hydrogens (tertiary/aromatic N) is 1. The van der Waals surface area contributed by atoms with Crippen molar-refractivity contribution in [3.8, 4) is 5.75 Å². The van der Waals surface area contributed by atoms with Crippen LogP contribution in [0.15, 0.2) is 18.2 Å². The third-order valence-corrected chi connectivity index (χ3v) is 2.78. The smallest absolute Gasteiger partial charge is 0.131 e. The number of nitrogens with two attached hydrogens (primary N) is 1. The van der Waals surface area contributed by atoms with E-state index in [1.165, 1.54) is 13.2 Å². The van der Waals surface area contributed by atoms with Gasteiger partial charge in [0, 0.05) is 37.3 Å². The van der Waals surface area contributed by atoms with Crippen molar-refractivity contribution in [3.05, 3.63) is 29.6 Å². The van der Waals surface area contributed by atoms with E-state index in [0.717, 1.165) is 6.54 Å². The quantitative estimate of drug-likeness (QED) is 0.826. The Kier molecular flexibility index (Phi) is 5.38. The molecule has 0 fully saturated rings. The molecular weight excluding hydrogens is 219 g/mol. The zero-order valence-electron chi connectivity index (χ0n) is 10.7. The number of hydrogen-bond acceptors (Lipinski definition) is 3. The van der Waals surface area contributed by atoms with E-state index in [1.807, 2.05) is 0 Å². The van der Waals surface area contributed by atoms with Crippen LogP contribution < -0.4 is 10.5 Å². The molecular formula is C13H21FN2O. The summed E-state index contributed by atoms with van der Waals surface area (Å²) in [6.45, 7) is 6.08. The summed E-state index contributed by atoms with van der Waals surface area (Å²) in [5.74, 6) is 0.313. The zero-order valence-corrected chi connectivity index (χ0v) is 10.7. The fraction of sp³-hybridized carbons (Fsp3) is 0.538. The lowest BCUT2D eigenvalue weighted by Crippen LogP contribution is -2.35. The van der Waals surface area contributed by atoms with Crippen LogP contribution in [-0.2, 0) is 6.54 Å². The number of hydrogen-bond donors (Lipinski definition) is 1. The van der Waals surface area contributed by atoms with Gasteiger partial charge in [-0.25, -0.2) is 4.39 Å². The molecule has 0 radical (unpaired) electrons. The Bertz CT molecular complexity index is 355. The highest BCUT2D eigenvalue weighted by molar-refractivity contribution is 5.28. The summed E-state index contributed by atoms with van der Waals surface area (Å²) >= 11 is 0. The molecule has 0 bridgehead atoms. The van der Waals surface area contributed by atoms with E-state index >= 15 is 0 Å². The molecule has 0 aliphatic heterocycles. The standard InChI is InChI=1S/C13H21FN2O/c1-10(2)16(7-6-15)9-11-4-5-12(17-3)8-13(11)14/h4-5,8,10H,6-7,9,15H2,1-3H3. The summed E-state index contributed by atoms with van der Waals surface area (Å²) in [5, 5.41) is 0. The highest BCUT2D eigenvalue weighted by atomic mass is 19.1. The van der Waals surface area contributed by atoms with Crippen LogP contribution in [0.4, 0.5) is 4.39 Å². The summed E-state index contributed by atoms with van der Waals surface area (Å²) in [5.41, 5.74) is 6.22. The lowest BCUT2D eigenvalue weighted by atomic mass is 10.1. The van der Waals surface area contributed by atoms with Crippen LogP contribution in [0.3, 0.4) is 0 Å². The summed E-state index contributed by atoms with van der Waals surface area (Å²) in [4.78, 5) is 2.14. The largest absolute Gasteiger partial charge is 0.497 e. The molecule has 0 aliphatic carbocycles. The minimum atomic E-state index is -0.230. The summed E-state index contributed by atoms with van der Waals surface area (Å²) in [6, 6.07) is 5.30. The normalized spacial score (nSPS) is 11.2. The first-order valence-corrected chi connectivity index (χ1v) is 5.85. The van der Waals surface area contributed by atoms with Gasteiger partial charge >= 0.3 is 0 Å². The number of rotatable bonds is 6. The minimum Gasteiger partial charge on any atom is -0.497 e. The maximum Gasteiger partial charge on any atom is 0.131 e. The van der Waals surface area contributed by atoms with Crippen molar-refractivity contribution in [2.24, 2.45) is 5.73 Å². The number of ether oxygens (including phenoxy) is 1. The predicted molar refractivity (Wildman–Crippen MR) is 67.6 cm³/mol.